The summed E-state index contributed by atoms with van der Waals surface area (Å²) < 4.78 is 12.8. The number of amides is 2. The highest BCUT2D eigenvalue weighted by atomic mass is 19.1. The first-order valence-electron chi connectivity index (χ1n) is 6.70. The van der Waals surface area contributed by atoms with Crippen molar-refractivity contribution in [1.29, 1.82) is 0 Å². The molecule has 2 rings (SSSR count). The number of hydrogen-bond acceptors (Lipinski definition) is 3. The third kappa shape index (κ3) is 3.42. The number of anilines is 1. The van der Waals surface area contributed by atoms with Crippen LogP contribution in [0.3, 0.4) is 0 Å². The van der Waals surface area contributed by atoms with Gasteiger partial charge in [-0.05, 0) is 30.2 Å². The van der Waals surface area contributed by atoms with Gasteiger partial charge in [-0.2, -0.15) is 0 Å². The van der Waals surface area contributed by atoms with E-state index in [1.807, 2.05) is 19.2 Å². The minimum absolute atomic E-state index is 0.0366. The van der Waals surface area contributed by atoms with E-state index < -0.39 is 18.8 Å². The molecule has 114 valence electrons. The fourth-order valence-corrected chi connectivity index (χ4v) is 2.44. The van der Waals surface area contributed by atoms with Crippen LogP contribution in [-0.2, 0) is 6.42 Å². The Bertz CT molecular complexity index is 550. The first-order chi connectivity index (χ1) is 10.0. The number of nitrogens with one attached hydrogen (secondary N) is 2. The summed E-state index contributed by atoms with van der Waals surface area (Å²) in [5, 5.41) is 13.7. The van der Waals surface area contributed by atoms with Crippen molar-refractivity contribution in [1.82, 2.24) is 10.2 Å². The van der Waals surface area contributed by atoms with Gasteiger partial charge >= 0.3 is 6.09 Å². The molecule has 0 saturated carbocycles. The Morgan fingerprint density at radius 2 is 2.29 bits per heavy atom. The van der Waals surface area contributed by atoms with Crippen molar-refractivity contribution in [3.8, 4) is 0 Å². The molecule has 0 saturated heterocycles. The maximum absolute atomic E-state index is 12.8. The molecule has 1 aliphatic heterocycles. The molecule has 1 atom stereocenters. The lowest BCUT2D eigenvalue weighted by Crippen LogP contribution is -2.48. The Morgan fingerprint density at radius 1 is 1.52 bits per heavy atom. The fraction of sp³-hybridized carbons (Fsp3) is 0.429. The molecular weight excluding hydrogens is 277 g/mol. The highest BCUT2D eigenvalue weighted by Crippen LogP contribution is 2.22. The van der Waals surface area contributed by atoms with Crippen molar-refractivity contribution in [3.63, 3.8) is 0 Å². The molecule has 0 spiro atoms. The van der Waals surface area contributed by atoms with Crippen LogP contribution in [-0.4, -0.2) is 54.9 Å². The molecule has 0 aromatic heterocycles. The molecule has 1 heterocycles. The van der Waals surface area contributed by atoms with Gasteiger partial charge in [0, 0.05) is 31.4 Å². The van der Waals surface area contributed by atoms with Gasteiger partial charge in [0.15, 0.2) is 0 Å². The van der Waals surface area contributed by atoms with Crippen LogP contribution in [0.2, 0.25) is 0 Å². The summed E-state index contributed by atoms with van der Waals surface area (Å²) in [6.07, 6.45) is -0.621. The Labute approximate surface area is 121 Å². The third-order valence-corrected chi connectivity index (χ3v) is 3.52. The third-order valence-electron chi connectivity index (χ3n) is 3.52. The van der Waals surface area contributed by atoms with Gasteiger partial charge in [-0.25, -0.2) is 9.18 Å². The van der Waals surface area contributed by atoms with Gasteiger partial charge in [0.25, 0.3) is 5.91 Å². The van der Waals surface area contributed by atoms with Gasteiger partial charge in [-0.3, -0.25) is 4.79 Å². The molecule has 3 N–H and O–H groups in total. The zero-order chi connectivity index (χ0) is 15.4. The van der Waals surface area contributed by atoms with Crippen LogP contribution in [0.4, 0.5) is 14.9 Å². The topological polar surface area (TPSA) is 81.7 Å². The summed E-state index contributed by atoms with van der Waals surface area (Å²) in [4.78, 5) is 24.4. The van der Waals surface area contributed by atoms with E-state index >= 15 is 0 Å². The number of fused-ring (bicyclic) bond motifs is 1. The van der Waals surface area contributed by atoms with Crippen molar-refractivity contribution in [2.45, 2.75) is 12.5 Å². The monoisotopic (exact) mass is 295 g/mol. The standard InChI is InChI=1S/C14H18FN3O3/c1-16-10-2-3-12-9(6-10)4-5-18(13(12)19)8-11(7-15)17-14(20)21/h2-3,6,11,16-17H,4-5,7-8H2,1H3,(H,20,21). The molecular formula is C14H18FN3O3. The van der Waals surface area contributed by atoms with Gasteiger partial charge in [0.2, 0.25) is 0 Å². The lowest BCUT2D eigenvalue weighted by molar-refractivity contribution is 0.0713. The first kappa shape index (κ1) is 15.1. The summed E-state index contributed by atoms with van der Waals surface area (Å²) >= 11 is 0. The number of hydrogen-bond donors (Lipinski definition) is 3. The molecule has 0 aliphatic carbocycles. The van der Waals surface area contributed by atoms with Crippen LogP contribution in [0, 0.1) is 0 Å². The van der Waals surface area contributed by atoms with E-state index in [-0.39, 0.29) is 12.5 Å². The molecule has 1 unspecified atom stereocenters. The van der Waals surface area contributed by atoms with Gasteiger partial charge in [-0.15, -0.1) is 0 Å². The van der Waals surface area contributed by atoms with Gasteiger partial charge in [0.1, 0.15) is 6.67 Å². The SMILES string of the molecule is CNc1ccc2c(c1)CCN(CC(CF)NC(=O)O)C2=O. The number of rotatable bonds is 5. The lowest BCUT2D eigenvalue weighted by atomic mass is 9.98. The molecule has 6 nitrogen and oxygen atoms in total. The predicted octanol–water partition coefficient (Wildman–Crippen LogP) is 1.33. The number of carbonyl (C=O) groups is 2. The quantitative estimate of drug-likeness (QED) is 0.765. The van der Waals surface area contributed by atoms with Crippen molar-refractivity contribution < 1.29 is 19.1 Å². The van der Waals surface area contributed by atoms with Crippen LogP contribution in [0.1, 0.15) is 15.9 Å². The summed E-state index contributed by atoms with van der Waals surface area (Å²) in [6, 6.07) is 4.57. The van der Waals surface area contributed by atoms with Crippen molar-refractivity contribution in [2.75, 3.05) is 32.1 Å². The molecule has 0 radical (unpaired) electrons. The molecule has 1 aromatic carbocycles. The van der Waals surface area contributed by atoms with Crippen molar-refractivity contribution in [3.05, 3.63) is 29.3 Å². The maximum atomic E-state index is 12.8. The Balaban J connectivity index is 2.11. The van der Waals surface area contributed by atoms with E-state index in [1.54, 1.807) is 6.07 Å². The van der Waals surface area contributed by atoms with E-state index in [0.29, 0.717) is 18.5 Å². The molecule has 7 heteroatoms. The number of carbonyl (C=O) groups excluding carboxylic acids is 1. The fourth-order valence-electron chi connectivity index (χ4n) is 2.44. The average molecular weight is 295 g/mol. The number of alkyl halides is 1. The first-order valence-corrected chi connectivity index (χ1v) is 6.70. The Hall–Kier alpha value is -2.31. The van der Waals surface area contributed by atoms with Gasteiger partial charge < -0.3 is 20.6 Å². The molecule has 1 aromatic rings. The van der Waals surface area contributed by atoms with Crippen molar-refractivity contribution >= 4 is 17.7 Å². The van der Waals surface area contributed by atoms with E-state index in [1.165, 1.54) is 4.90 Å². The zero-order valence-electron chi connectivity index (χ0n) is 11.7. The van der Waals surface area contributed by atoms with Crippen LogP contribution < -0.4 is 10.6 Å². The summed E-state index contributed by atoms with van der Waals surface area (Å²) in [5.74, 6) is -0.190. The molecule has 21 heavy (non-hydrogen) atoms. The summed E-state index contributed by atoms with van der Waals surface area (Å²) in [7, 11) is 1.81. The smallest absolute Gasteiger partial charge is 0.405 e. The van der Waals surface area contributed by atoms with Crippen molar-refractivity contribution in [2.24, 2.45) is 0 Å². The van der Waals surface area contributed by atoms with E-state index in [9.17, 15) is 14.0 Å². The second-order valence-electron chi connectivity index (χ2n) is 4.92. The van der Waals surface area contributed by atoms with E-state index in [2.05, 4.69) is 10.6 Å². The Morgan fingerprint density at radius 3 is 2.90 bits per heavy atom. The van der Waals surface area contributed by atoms with Gasteiger partial charge in [-0.1, -0.05) is 0 Å². The number of carboxylic acid groups (broad SMARTS) is 1. The largest absolute Gasteiger partial charge is 0.465 e. The van der Waals surface area contributed by atoms with Crippen LogP contribution in [0.25, 0.3) is 0 Å². The minimum atomic E-state index is -1.29. The second-order valence-corrected chi connectivity index (χ2v) is 4.92. The van der Waals surface area contributed by atoms with Crippen LogP contribution >= 0.6 is 0 Å². The molecule has 2 amide bonds. The molecule has 0 bridgehead atoms. The van der Waals surface area contributed by atoms with Crippen LogP contribution in [0.5, 0.6) is 0 Å². The summed E-state index contributed by atoms with van der Waals surface area (Å²) in [5.41, 5.74) is 2.48. The predicted molar refractivity (Wildman–Crippen MR) is 76.5 cm³/mol. The minimum Gasteiger partial charge on any atom is -0.465 e. The van der Waals surface area contributed by atoms with E-state index in [0.717, 1.165) is 11.3 Å². The Kier molecular flexibility index (Phi) is 4.62. The number of nitrogens with zero attached hydrogens (tertiary/aromatic N) is 1. The normalized spacial score (nSPS) is 15.3. The maximum Gasteiger partial charge on any atom is 0.405 e. The van der Waals surface area contributed by atoms with Gasteiger partial charge in [0.05, 0.1) is 6.04 Å². The number of benzene rings is 1. The molecule has 0 fully saturated rings. The summed E-state index contributed by atoms with van der Waals surface area (Å²) in [6.45, 7) is -0.354. The second kappa shape index (κ2) is 6.43. The highest BCUT2D eigenvalue weighted by molar-refractivity contribution is 5.97. The lowest BCUT2D eigenvalue weighted by Gasteiger charge is -2.31. The molecule has 1 aliphatic rings. The zero-order valence-corrected chi connectivity index (χ0v) is 11.7. The highest BCUT2D eigenvalue weighted by Gasteiger charge is 2.27. The van der Waals surface area contributed by atoms with Crippen LogP contribution in [0.15, 0.2) is 18.2 Å². The number of halogens is 1. The van der Waals surface area contributed by atoms with E-state index in [4.69, 9.17) is 5.11 Å². The average Bonchev–Trinajstić information content (AvgIpc) is 2.48.